The molecule has 0 bridgehead atoms. The van der Waals surface area contributed by atoms with Gasteiger partial charge < -0.3 is 17.2 Å². The van der Waals surface area contributed by atoms with E-state index in [4.69, 9.17) is 17.2 Å². The lowest BCUT2D eigenvalue weighted by Crippen LogP contribution is -1.96. The summed E-state index contributed by atoms with van der Waals surface area (Å²) in [5, 5.41) is 0. The summed E-state index contributed by atoms with van der Waals surface area (Å²) in [6.45, 7) is 9.09. The Morgan fingerprint density at radius 1 is 0.444 bits per heavy atom. The summed E-state index contributed by atoms with van der Waals surface area (Å²) in [6, 6.07) is 0. The topological polar surface area (TPSA) is 78.1 Å². The largest absolute Gasteiger partial charge is 0.330 e. The molecule has 3 heteroatoms. The summed E-state index contributed by atoms with van der Waals surface area (Å²) in [7, 11) is 0. The molecule has 0 unspecified atom stereocenters. The summed E-state index contributed by atoms with van der Waals surface area (Å²) in [5.74, 6) is 0. The molecule has 114 valence electrons. The maximum atomic E-state index is 5.21. The van der Waals surface area contributed by atoms with Crippen LogP contribution >= 0.6 is 0 Å². The SMILES string of the molecule is CCCCCN.CCCCCN.CCCCCN. The first-order valence-electron chi connectivity index (χ1n) is 7.85. The van der Waals surface area contributed by atoms with Crippen LogP contribution in [0.25, 0.3) is 0 Å². The molecule has 0 spiro atoms. The first kappa shape index (κ1) is 23.0. The molecule has 0 aromatic heterocycles. The van der Waals surface area contributed by atoms with E-state index < -0.39 is 0 Å². The molecule has 3 nitrogen and oxygen atoms in total. The van der Waals surface area contributed by atoms with Gasteiger partial charge in [-0.05, 0) is 38.9 Å². The highest BCUT2D eigenvalue weighted by Gasteiger charge is 1.76. The van der Waals surface area contributed by atoms with Crippen molar-refractivity contribution in [3.8, 4) is 0 Å². The van der Waals surface area contributed by atoms with Crippen molar-refractivity contribution >= 4 is 0 Å². The zero-order valence-electron chi connectivity index (χ0n) is 13.2. The zero-order valence-corrected chi connectivity index (χ0v) is 13.2. The van der Waals surface area contributed by atoms with Crippen LogP contribution in [0.5, 0.6) is 0 Å². The zero-order chi connectivity index (χ0) is 14.5. The Kier molecular flexibility index (Phi) is 38.6. The minimum absolute atomic E-state index is 0.855. The summed E-state index contributed by atoms with van der Waals surface area (Å²) in [5.41, 5.74) is 15.6. The Labute approximate surface area is 116 Å². The van der Waals surface area contributed by atoms with Gasteiger partial charge in [0.05, 0.1) is 0 Å². The summed E-state index contributed by atoms with van der Waals surface area (Å²) in [6.07, 6.45) is 11.3. The lowest BCUT2D eigenvalue weighted by Gasteiger charge is -1.86. The fourth-order valence-corrected chi connectivity index (χ4v) is 1.18. The second kappa shape index (κ2) is 30.2. The van der Waals surface area contributed by atoms with Crippen LogP contribution in [0.1, 0.15) is 78.6 Å². The molecule has 0 aromatic rings. The van der Waals surface area contributed by atoms with Crippen molar-refractivity contribution in [1.82, 2.24) is 0 Å². The lowest BCUT2D eigenvalue weighted by molar-refractivity contribution is 0.727. The smallest absolute Gasteiger partial charge is 0.00773 e. The third-order valence-corrected chi connectivity index (χ3v) is 2.42. The lowest BCUT2D eigenvalue weighted by atomic mass is 10.3. The highest BCUT2D eigenvalue weighted by atomic mass is 14.5. The van der Waals surface area contributed by atoms with E-state index in [0.717, 1.165) is 19.6 Å². The van der Waals surface area contributed by atoms with Crippen molar-refractivity contribution < 1.29 is 0 Å². The number of hydrogen-bond acceptors (Lipinski definition) is 3. The third-order valence-electron chi connectivity index (χ3n) is 2.42. The molecular weight excluding hydrogens is 222 g/mol. The van der Waals surface area contributed by atoms with Gasteiger partial charge in [-0.2, -0.15) is 0 Å². The van der Waals surface area contributed by atoms with Crippen LogP contribution in [0.15, 0.2) is 0 Å². The first-order valence-corrected chi connectivity index (χ1v) is 7.85. The van der Waals surface area contributed by atoms with Crippen molar-refractivity contribution in [2.24, 2.45) is 17.2 Å². The number of rotatable bonds is 9. The Balaban J connectivity index is -0.000000187. The first-order chi connectivity index (χ1) is 8.74. The standard InChI is InChI=1S/3C5H13N/c3*1-2-3-4-5-6/h3*2-6H2,1H3. The summed E-state index contributed by atoms with van der Waals surface area (Å²) < 4.78 is 0. The van der Waals surface area contributed by atoms with Crippen molar-refractivity contribution in [2.45, 2.75) is 78.6 Å². The van der Waals surface area contributed by atoms with E-state index in [1.165, 1.54) is 57.8 Å². The van der Waals surface area contributed by atoms with E-state index in [9.17, 15) is 0 Å². The molecule has 0 radical (unpaired) electrons. The third kappa shape index (κ3) is 44.6. The molecular formula is C15H39N3. The molecule has 0 aliphatic heterocycles. The second-order valence-corrected chi connectivity index (χ2v) is 4.49. The van der Waals surface area contributed by atoms with Crippen LogP contribution in [-0.2, 0) is 0 Å². The maximum Gasteiger partial charge on any atom is -0.00773 e. The van der Waals surface area contributed by atoms with Gasteiger partial charge in [-0.25, -0.2) is 0 Å². The molecule has 0 heterocycles. The van der Waals surface area contributed by atoms with Crippen molar-refractivity contribution in [3.05, 3.63) is 0 Å². The van der Waals surface area contributed by atoms with Gasteiger partial charge in [0.25, 0.3) is 0 Å². The second-order valence-electron chi connectivity index (χ2n) is 4.49. The molecule has 0 aliphatic carbocycles. The normalized spacial score (nSPS) is 9.00. The van der Waals surface area contributed by atoms with Crippen molar-refractivity contribution in [1.29, 1.82) is 0 Å². The van der Waals surface area contributed by atoms with Crippen LogP contribution in [0, 0.1) is 0 Å². The van der Waals surface area contributed by atoms with Crippen molar-refractivity contribution in [3.63, 3.8) is 0 Å². The van der Waals surface area contributed by atoms with Crippen molar-refractivity contribution in [2.75, 3.05) is 19.6 Å². The monoisotopic (exact) mass is 261 g/mol. The number of unbranched alkanes of at least 4 members (excludes halogenated alkanes) is 6. The van der Waals surface area contributed by atoms with Crippen LogP contribution in [0.3, 0.4) is 0 Å². The summed E-state index contributed by atoms with van der Waals surface area (Å²) in [4.78, 5) is 0. The van der Waals surface area contributed by atoms with Crippen LogP contribution in [0.4, 0.5) is 0 Å². The van der Waals surface area contributed by atoms with Gasteiger partial charge in [0.2, 0.25) is 0 Å². The van der Waals surface area contributed by atoms with Crippen LogP contribution < -0.4 is 17.2 Å². The molecule has 0 aliphatic rings. The predicted molar refractivity (Wildman–Crippen MR) is 85.7 cm³/mol. The Morgan fingerprint density at radius 2 is 0.667 bits per heavy atom. The van der Waals surface area contributed by atoms with Gasteiger partial charge in [-0.3, -0.25) is 0 Å². The molecule has 0 saturated carbocycles. The molecule has 18 heavy (non-hydrogen) atoms. The fraction of sp³-hybridized carbons (Fsp3) is 1.00. The number of nitrogens with two attached hydrogens (primary N) is 3. The van der Waals surface area contributed by atoms with Gasteiger partial charge in [0.1, 0.15) is 0 Å². The predicted octanol–water partition coefficient (Wildman–Crippen LogP) is 3.41. The molecule has 0 amide bonds. The average molecular weight is 261 g/mol. The molecule has 0 aromatic carbocycles. The Hall–Kier alpha value is -0.120. The van der Waals surface area contributed by atoms with Gasteiger partial charge in [-0.1, -0.05) is 59.3 Å². The molecule has 6 N–H and O–H groups in total. The molecule has 0 rings (SSSR count). The van der Waals surface area contributed by atoms with E-state index in [1.807, 2.05) is 0 Å². The Bertz CT molecular complexity index is 66.7. The highest BCUT2D eigenvalue weighted by Crippen LogP contribution is 1.89. The average Bonchev–Trinajstić information content (AvgIpc) is 2.42. The van der Waals surface area contributed by atoms with Gasteiger partial charge in [0.15, 0.2) is 0 Å². The van der Waals surface area contributed by atoms with E-state index in [0.29, 0.717) is 0 Å². The number of hydrogen-bond donors (Lipinski definition) is 3. The van der Waals surface area contributed by atoms with E-state index in [-0.39, 0.29) is 0 Å². The highest BCUT2D eigenvalue weighted by molar-refractivity contribution is 4.36. The fourth-order valence-electron chi connectivity index (χ4n) is 1.18. The molecule has 0 atom stereocenters. The minimum atomic E-state index is 0.855. The Morgan fingerprint density at radius 3 is 0.722 bits per heavy atom. The van der Waals surface area contributed by atoms with Gasteiger partial charge >= 0.3 is 0 Å². The van der Waals surface area contributed by atoms with Crippen LogP contribution in [0.2, 0.25) is 0 Å². The van der Waals surface area contributed by atoms with Gasteiger partial charge in [-0.15, -0.1) is 0 Å². The minimum Gasteiger partial charge on any atom is -0.330 e. The van der Waals surface area contributed by atoms with E-state index in [1.54, 1.807) is 0 Å². The van der Waals surface area contributed by atoms with E-state index >= 15 is 0 Å². The maximum absolute atomic E-state index is 5.21. The molecule has 0 saturated heterocycles. The molecule has 0 fully saturated rings. The quantitative estimate of drug-likeness (QED) is 0.557. The van der Waals surface area contributed by atoms with E-state index in [2.05, 4.69) is 20.8 Å². The van der Waals surface area contributed by atoms with Gasteiger partial charge in [0, 0.05) is 0 Å². The summed E-state index contributed by atoms with van der Waals surface area (Å²) >= 11 is 0. The van der Waals surface area contributed by atoms with Crippen LogP contribution in [-0.4, -0.2) is 19.6 Å².